The minimum atomic E-state index is 0.581. The van der Waals surface area contributed by atoms with Crippen LogP contribution in [0.3, 0.4) is 0 Å². The molecule has 2 nitrogen and oxygen atoms in total. The van der Waals surface area contributed by atoms with Crippen molar-refractivity contribution in [2.45, 2.75) is 13.5 Å². The number of nitrogens with zero attached hydrogens (tertiary/aromatic N) is 1. The number of aryl methyl sites for hydroxylation is 1. The van der Waals surface area contributed by atoms with Gasteiger partial charge in [0, 0.05) is 12.4 Å². The molecule has 2 aromatic carbocycles. The lowest BCUT2D eigenvalue weighted by Crippen LogP contribution is -1.95. The number of aromatic nitrogens is 1. The summed E-state index contributed by atoms with van der Waals surface area (Å²) in [5, 5.41) is 0. The summed E-state index contributed by atoms with van der Waals surface area (Å²) < 4.78 is 5.79. The molecule has 0 saturated carbocycles. The Kier molecular flexibility index (Phi) is 4.85. The Hall–Kier alpha value is -2.87. The quantitative estimate of drug-likeness (QED) is 0.651. The minimum Gasteiger partial charge on any atom is -0.489 e. The van der Waals surface area contributed by atoms with Gasteiger partial charge in [-0.1, -0.05) is 54.1 Å². The monoisotopic (exact) mass is 301 g/mol. The molecule has 0 fully saturated rings. The van der Waals surface area contributed by atoms with Crippen LogP contribution < -0.4 is 4.74 Å². The number of ether oxygens (including phenoxy) is 1. The molecule has 0 unspecified atom stereocenters. The van der Waals surface area contributed by atoms with E-state index < -0.39 is 0 Å². The van der Waals surface area contributed by atoms with Gasteiger partial charge in [-0.2, -0.15) is 0 Å². The van der Waals surface area contributed by atoms with E-state index in [4.69, 9.17) is 4.74 Å². The molecular formula is C21H19NO. The first-order chi connectivity index (χ1) is 11.3. The zero-order valence-electron chi connectivity index (χ0n) is 13.1. The molecule has 23 heavy (non-hydrogen) atoms. The third-order valence-electron chi connectivity index (χ3n) is 3.58. The molecule has 0 N–H and O–H groups in total. The molecule has 2 heteroatoms. The van der Waals surface area contributed by atoms with Gasteiger partial charge in [-0.3, -0.25) is 4.98 Å². The van der Waals surface area contributed by atoms with E-state index in [2.05, 4.69) is 60.5 Å². The fourth-order valence-corrected chi connectivity index (χ4v) is 2.19. The van der Waals surface area contributed by atoms with Gasteiger partial charge in [0.05, 0.1) is 0 Å². The van der Waals surface area contributed by atoms with E-state index in [1.807, 2.05) is 24.3 Å². The van der Waals surface area contributed by atoms with Crippen LogP contribution in [0, 0.1) is 6.92 Å². The second-order valence-corrected chi connectivity index (χ2v) is 5.46. The van der Waals surface area contributed by atoms with Crippen LogP contribution in [0.15, 0.2) is 73.1 Å². The highest BCUT2D eigenvalue weighted by Gasteiger charge is 1.96. The summed E-state index contributed by atoms with van der Waals surface area (Å²) in [7, 11) is 0. The van der Waals surface area contributed by atoms with Crippen LogP contribution in [0.1, 0.15) is 22.3 Å². The number of hydrogen-bond donors (Lipinski definition) is 0. The molecule has 114 valence electrons. The van der Waals surface area contributed by atoms with Crippen LogP contribution in [0.2, 0.25) is 0 Å². The lowest BCUT2D eigenvalue weighted by Gasteiger charge is -2.07. The maximum atomic E-state index is 5.79. The van der Waals surface area contributed by atoms with E-state index in [1.165, 1.54) is 11.1 Å². The highest BCUT2D eigenvalue weighted by atomic mass is 16.5. The summed E-state index contributed by atoms with van der Waals surface area (Å²) in [6.07, 6.45) is 7.77. The maximum Gasteiger partial charge on any atom is 0.119 e. The molecule has 0 aliphatic rings. The predicted molar refractivity (Wildman–Crippen MR) is 95.1 cm³/mol. The summed E-state index contributed by atoms with van der Waals surface area (Å²) >= 11 is 0. The number of benzene rings is 2. The van der Waals surface area contributed by atoms with E-state index >= 15 is 0 Å². The van der Waals surface area contributed by atoms with E-state index in [0.29, 0.717) is 6.61 Å². The molecule has 0 radical (unpaired) electrons. The van der Waals surface area contributed by atoms with E-state index in [-0.39, 0.29) is 0 Å². The standard InChI is InChI=1S/C21H19NO/c1-17-2-10-21(11-3-17)23-16-20-8-6-18(7-9-20)4-5-19-12-14-22-15-13-19/h2-15H,16H2,1H3. The third-order valence-corrected chi connectivity index (χ3v) is 3.58. The average Bonchev–Trinajstić information content (AvgIpc) is 2.61. The van der Waals surface area contributed by atoms with Gasteiger partial charge in [-0.25, -0.2) is 0 Å². The maximum absolute atomic E-state index is 5.79. The lowest BCUT2D eigenvalue weighted by molar-refractivity contribution is 0.306. The Balaban J connectivity index is 1.58. The molecule has 0 atom stereocenters. The molecule has 0 spiro atoms. The summed E-state index contributed by atoms with van der Waals surface area (Å²) in [5.74, 6) is 0.900. The van der Waals surface area contributed by atoms with Crippen molar-refractivity contribution in [3.05, 3.63) is 95.3 Å². The fraction of sp³-hybridized carbons (Fsp3) is 0.0952. The molecule has 1 aromatic heterocycles. The Morgan fingerprint density at radius 1 is 0.783 bits per heavy atom. The second-order valence-electron chi connectivity index (χ2n) is 5.46. The first-order valence-electron chi connectivity index (χ1n) is 7.66. The van der Waals surface area contributed by atoms with Crippen LogP contribution in [0.5, 0.6) is 5.75 Å². The van der Waals surface area contributed by atoms with Crippen LogP contribution in [-0.4, -0.2) is 4.98 Å². The second kappa shape index (κ2) is 7.41. The van der Waals surface area contributed by atoms with Crippen molar-refractivity contribution in [2.24, 2.45) is 0 Å². The van der Waals surface area contributed by atoms with Crippen molar-refractivity contribution in [3.63, 3.8) is 0 Å². The first kappa shape index (κ1) is 15.0. The van der Waals surface area contributed by atoms with E-state index in [1.54, 1.807) is 12.4 Å². The highest BCUT2D eigenvalue weighted by molar-refractivity contribution is 5.69. The minimum absolute atomic E-state index is 0.581. The van der Waals surface area contributed by atoms with Crippen LogP contribution in [0.4, 0.5) is 0 Å². The smallest absolute Gasteiger partial charge is 0.119 e. The Morgan fingerprint density at radius 3 is 2.04 bits per heavy atom. The fourth-order valence-electron chi connectivity index (χ4n) is 2.19. The van der Waals surface area contributed by atoms with Crippen molar-refractivity contribution >= 4 is 12.2 Å². The largest absolute Gasteiger partial charge is 0.489 e. The third kappa shape index (κ3) is 4.55. The van der Waals surface area contributed by atoms with Crippen molar-refractivity contribution in [3.8, 4) is 5.75 Å². The molecule has 1 heterocycles. The van der Waals surface area contributed by atoms with Crippen molar-refractivity contribution in [1.82, 2.24) is 4.98 Å². The van der Waals surface area contributed by atoms with Crippen LogP contribution in [0.25, 0.3) is 12.2 Å². The van der Waals surface area contributed by atoms with Crippen molar-refractivity contribution in [2.75, 3.05) is 0 Å². The van der Waals surface area contributed by atoms with Gasteiger partial charge in [0.15, 0.2) is 0 Å². The van der Waals surface area contributed by atoms with E-state index in [0.717, 1.165) is 16.9 Å². The number of hydrogen-bond acceptors (Lipinski definition) is 2. The molecule has 0 aliphatic carbocycles. The molecule has 3 rings (SSSR count). The van der Waals surface area contributed by atoms with Gasteiger partial charge >= 0.3 is 0 Å². The topological polar surface area (TPSA) is 22.1 Å². The summed E-state index contributed by atoms with van der Waals surface area (Å²) in [6.45, 7) is 2.65. The van der Waals surface area contributed by atoms with Gasteiger partial charge in [0.1, 0.15) is 12.4 Å². The average molecular weight is 301 g/mol. The first-order valence-corrected chi connectivity index (χ1v) is 7.66. The van der Waals surface area contributed by atoms with Gasteiger partial charge in [0.2, 0.25) is 0 Å². The Labute approximate surface area is 137 Å². The Bertz CT molecular complexity index is 759. The number of rotatable bonds is 5. The molecular weight excluding hydrogens is 282 g/mol. The molecule has 0 bridgehead atoms. The summed E-state index contributed by atoms with van der Waals surface area (Å²) in [5.41, 5.74) is 4.71. The SMILES string of the molecule is Cc1ccc(OCc2ccc(C=Cc3ccncc3)cc2)cc1. The zero-order valence-corrected chi connectivity index (χ0v) is 13.1. The van der Waals surface area contributed by atoms with Crippen LogP contribution >= 0.6 is 0 Å². The van der Waals surface area contributed by atoms with Crippen LogP contribution in [-0.2, 0) is 6.61 Å². The Morgan fingerprint density at radius 2 is 1.39 bits per heavy atom. The summed E-state index contributed by atoms with van der Waals surface area (Å²) in [6, 6.07) is 20.5. The lowest BCUT2D eigenvalue weighted by atomic mass is 10.1. The van der Waals surface area contributed by atoms with Crippen molar-refractivity contribution < 1.29 is 4.74 Å². The molecule has 0 amide bonds. The normalized spacial score (nSPS) is 10.8. The van der Waals surface area contributed by atoms with E-state index in [9.17, 15) is 0 Å². The van der Waals surface area contributed by atoms with Gasteiger partial charge in [0.25, 0.3) is 0 Å². The van der Waals surface area contributed by atoms with Gasteiger partial charge in [-0.15, -0.1) is 0 Å². The molecule has 0 saturated heterocycles. The molecule has 0 aliphatic heterocycles. The highest BCUT2D eigenvalue weighted by Crippen LogP contribution is 2.15. The number of pyridine rings is 1. The zero-order chi connectivity index (χ0) is 15.9. The molecule has 3 aromatic rings. The predicted octanol–water partition coefficient (Wildman–Crippen LogP) is 5.14. The van der Waals surface area contributed by atoms with Crippen molar-refractivity contribution in [1.29, 1.82) is 0 Å². The van der Waals surface area contributed by atoms with Gasteiger partial charge < -0.3 is 4.74 Å². The summed E-state index contributed by atoms with van der Waals surface area (Å²) in [4.78, 5) is 4.01. The van der Waals surface area contributed by atoms with Gasteiger partial charge in [-0.05, 0) is 47.9 Å².